The van der Waals surface area contributed by atoms with E-state index < -0.39 is 0 Å². The molecule has 76 valence electrons. The van der Waals surface area contributed by atoms with Gasteiger partial charge >= 0.3 is 0 Å². The van der Waals surface area contributed by atoms with E-state index in [1.54, 1.807) is 7.05 Å². The average Bonchev–Trinajstić information content (AvgIpc) is 2.25. The van der Waals surface area contributed by atoms with Crippen LogP contribution in [0.3, 0.4) is 0 Å². The first-order valence-electron chi connectivity index (χ1n) is 4.66. The zero-order chi connectivity index (χ0) is 9.90. The van der Waals surface area contributed by atoms with Gasteiger partial charge in [-0.1, -0.05) is 13.8 Å². The van der Waals surface area contributed by atoms with Crippen molar-refractivity contribution in [2.45, 2.75) is 25.0 Å². The van der Waals surface area contributed by atoms with Gasteiger partial charge in [0.1, 0.15) is 0 Å². The van der Waals surface area contributed by atoms with Crippen LogP contribution in [0.4, 0.5) is 0 Å². The Balaban J connectivity index is 2.55. The monoisotopic (exact) mass is 201 g/mol. The number of nitrogens with zero attached hydrogens (tertiary/aromatic N) is 2. The Hall–Kier alpha value is -0.380. The second-order valence-corrected chi connectivity index (χ2v) is 5.73. The van der Waals surface area contributed by atoms with Crippen molar-refractivity contribution in [3.8, 4) is 0 Å². The van der Waals surface area contributed by atoms with E-state index in [0.717, 1.165) is 18.8 Å². The van der Waals surface area contributed by atoms with Crippen molar-refractivity contribution in [3.63, 3.8) is 0 Å². The standard InChI is InChI=1S/C9H19N3S/c1-9(2)4-5-12(6-7-13-9)8(10)11-3/h4-7H2,1-3H3,(H2,10,11). The van der Waals surface area contributed by atoms with E-state index in [4.69, 9.17) is 5.73 Å². The van der Waals surface area contributed by atoms with Gasteiger partial charge in [0.15, 0.2) is 5.96 Å². The van der Waals surface area contributed by atoms with Gasteiger partial charge in [-0.2, -0.15) is 11.8 Å². The summed E-state index contributed by atoms with van der Waals surface area (Å²) in [4.78, 5) is 6.18. The molecular weight excluding hydrogens is 182 g/mol. The Morgan fingerprint density at radius 1 is 1.46 bits per heavy atom. The second-order valence-electron chi connectivity index (χ2n) is 3.93. The van der Waals surface area contributed by atoms with E-state index >= 15 is 0 Å². The molecule has 0 aromatic rings. The number of nitrogens with two attached hydrogens (primary N) is 1. The Morgan fingerprint density at radius 2 is 2.15 bits per heavy atom. The number of thioether (sulfide) groups is 1. The minimum Gasteiger partial charge on any atom is -0.370 e. The lowest BCUT2D eigenvalue weighted by Gasteiger charge is -2.22. The summed E-state index contributed by atoms with van der Waals surface area (Å²) in [6.07, 6.45) is 1.17. The molecule has 0 amide bonds. The fourth-order valence-corrected chi connectivity index (χ4v) is 2.49. The summed E-state index contributed by atoms with van der Waals surface area (Å²) in [7, 11) is 1.75. The lowest BCUT2D eigenvalue weighted by Crippen LogP contribution is -2.39. The van der Waals surface area contributed by atoms with Crippen LogP contribution in [0.25, 0.3) is 0 Å². The molecule has 1 aliphatic heterocycles. The first-order valence-corrected chi connectivity index (χ1v) is 5.65. The van der Waals surface area contributed by atoms with Gasteiger partial charge in [0.2, 0.25) is 0 Å². The highest BCUT2D eigenvalue weighted by Crippen LogP contribution is 2.30. The molecule has 0 spiro atoms. The third kappa shape index (κ3) is 3.10. The van der Waals surface area contributed by atoms with Gasteiger partial charge in [-0.05, 0) is 6.42 Å². The summed E-state index contributed by atoms with van der Waals surface area (Å²) in [6.45, 7) is 6.64. The number of aliphatic imine (C=N–C) groups is 1. The molecule has 0 aromatic carbocycles. The quantitative estimate of drug-likeness (QED) is 0.472. The predicted molar refractivity (Wildman–Crippen MR) is 60.3 cm³/mol. The molecule has 0 unspecified atom stereocenters. The Bertz CT molecular complexity index is 201. The molecule has 1 heterocycles. The molecule has 0 radical (unpaired) electrons. The van der Waals surface area contributed by atoms with Crippen molar-refractivity contribution >= 4 is 17.7 Å². The highest BCUT2D eigenvalue weighted by atomic mass is 32.2. The van der Waals surface area contributed by atoms with Crippen LogP contribution in [-0.4, -0.2) is 41.5 Å². The topological polar surface area (TPSA) is 41.6 Å². The molecule has 13 heavy (non-hydrogen) atoms. The predicted octanol–water partition coefficient (Wildman–Crippen LogP) is 1.15. The average molecular weight is 201 g/mol. The van der Waals surface area contributed by atoms with Crippen LogP contribution in [0.1, 0.15) is 20.3 Å². The number of hydrogen-bond acceptors (Lipinski definition) is 2. The van der Waals surface area contributed by atoms with Crippen LogP contribution in [0.2, 0.25) is 0 Å². The van der Waals surface area contributed by atoms with Crippen molar-refractivity contribution in [2.24, 2.45) is 10.7 Å². The van der Waals surface area contributed by atoms with Gasteiger partial charge < -0.3 is 10.6 Å². The molecule has 1 rings (SSSR count). The molecule has 4 heteroatoms. The minimum absolute atomic E-state index is 0.392. The van der Waals surface area contributed by atoms with Crippen LogP contribution in [0, 0.1) is 0 Å². The number of guanidine groups is 1. The zero-order valence-electron chi connectivity index (χ0n) is 8.71. The van der Waals surface area contributed by atoms with Gasteiger partial charge in [0.05, 0.1) is 0 Å². The van der Waals surface area contributed by atoms with Crippen molar-refractivity contribution in [1.82, 2.24) is 4.90 Å². The Labute approximate surface area is 84.8 Å². The summed E-state index contributed by atoms with van der Waals surface area (Å²) in [6, 6.07) is 0. The third-order valence-corrected chi connectivity index (χ3v) is 3.76. The highest BCUT2D eigenvalue weighted by molar-refractivity contribution is 8.00. The highest BCUT2D eigenvalue weighted by Gasteiger charge is 2.23. The normalized spacial score (nSPS) is 24.2. The van der Waals surface area contributed by atoms with Gasteiger partial charge in [0.25, 0.3) is 0 Å². The van der Waals surface area contributed by atoms with Crippen LogP contribution in [0.5, 0.6) is 0 Å². The maximum Gasteiger partial charge on any atom is 0.190 e. The fourth-order valence-electron chi connectivity index (χ4n) is 1.39. The first-order chi connectivity index (χ1) is 6.05. The Kier molecular flexibility index (Phi) is 3.47. The van der Waals surface area contributed by atoms with Gasteiger partial charge in [-0.3, -0.25) is 4.99 Å². The van der Waals surface area contributed by atoms with E-state index in [2.05, 4.69) is 23.7 Å². The second kappa shape index (κ2) is 4.22. The molecular formula is C9H19N3S. The number of rotatable bonds is 0. The minimum atomic E-state index is 0.392. The van der Waals surface area contributed by atoms with Crippen molar-refractivity contribution in [2.75, 3.05) is 25.9 Å². The summed E-state index contributed by atoms with van der Waals surface area (Å²) < 4.78 is 0.392. The maximum atomic E-state index is 5.77. The van der Waals surface area contributed by atoms with E-state index in [0.29, 0.717) is 10.7 Å². The van der Waals surface area contributed by atoms with E-state index in [1.165, 1.54) is 6.42 Å². The first kappa shape index (κ1) is 10.7. The zero-order valence-corrected chi connectivity index (χ0v) is 9.52. The maximum absolute atomic E-state index is 5.77. The van der Waals surface area contributed by atoms with Crippen LogP contribution >= 0.6 is 11.8 Å². The molecule has 0 aliphatic carbocycles. The fraction of sp³-hybridized carbons (Fsp3) is 0.889. The molecule has 0 bridgehead atoms. The van der Waals surface area contributed by atoms with E-state index in [9.17, 15) is 0 Å². The molecule has 1 aliphatic rings. The van der Waals surface area contributed by atoms with E-state index in [1.807, 2.05) is 11.8 Å². The van der Waals surface area contributed by atoms with E-state index in [-0.39, 0.29) is 0 Å². The molecule has 0 saturated carbocycles. The summed E-state index contributed by atoms with van der Waals surface area (Å²) in [5.74, 6) is 1.82. The molecule has 0 aromatic heterocycles. The third-order valence-electron chi connectivity index (χ3n) is 2.39. The molecule has 0 atom stereocenters. The number of hydrogen-bond donors (Lipinski definition) is 1. The molecule has 3 nitrogen and oxygen atoms in total. The molecule has 1 saturated heterocycles. The van der Waals surface area contributed by atoms with Gasteiger partial charge in [0, 0.05) is 30.6 Å². The lowest BCUT2D eigenvalue weighted by molar-refractivity contribution is 0.418. The summed E-state index contributed by atoms with van der Waals surface area (Å²) in [5.41, 5.74) is 5.77. The SMILES string of the molecule is CN=C(N)N1CCSC(C)(C)CC1. The molecule has 2 N–H and O–H groups in total. The lowest BCUT2D eigenvalue weighted by atomic mass is 10.1. The van der Waals surface area contributed by atoms with Gasteiger partial charge in [-0.15, -0.1) is 0 Å². The Morgan fingerprint density at radius 3 is 2.77 bits per heavy atom. The summed E-state index contributed by atoms with van der Waals surface area (Å²) in [5, 5.41) is 0. The van der Waals surface area contributed by atoms with Gasteiger partial charge in [-0.25, -0.2) is 0 Å². The van der Waals surface area contributed by atoms with Crippen LogP contribution in [-0.2, 0) is 0 Å². The van der Waals surface area contributed by atoms with Crippen LogP contribution in [0.15, 0.2) is 4.99 Å². The van der Waals surface area contributed by atoms with Crippen molar-refractivity contribution < 1.29 is 0 Å². The largest absolute Gasteiger partial charge is 0.370 e. The smallest absolute Gasteiger partial charge is 0.190 e. The molecule has 1 fully saturated rings. The van der Waals surface area contributed by atoms with Crippen molar-refractivity contribution in [1.29, 1.82) is 0 Å². The summed E-state index contributed by atoms with van der Waals surface area (Å²) >= 11 is 2.02. The van der Waals surface area contributed by atoms with Crippen LogP contribution < -0.4 is 5.73 Å². The van der Waals surface area contributed by atoms with Crippen molar-refractivity contribution in [3.05, 3.63) is 0 Å².